The predicted octanol–water partition coefficient (Wildman–Crippen LogP) is 1.90. The molecule has 0 bridgehead atoms. The number of hydrogen-bond donors (Lipinski definition) is 2. The largest absolute Gasteiger partial charge is 0.573 e. The van der Waals surface area contributed by atoms with Crippen LogP contribution in [0.3, 0.4) is 0 Å². The Hall–Kier alpha value is -3.11. The van der Waals surface area contributed by atoms with E-state index in [9.17, 15) is 22.8 Å². The van der Waals surface area contributed by atoms with Crippen LogP contribution in [0.5, 0.6) is 5.75 Å². The van der Waals surface area contributed by atoms with E-state index in [1.165, 1.54) is 30.5 Å². The molecule has 0 atom stereocenters. The van der Waals surface area contributed by atoms with Crippen LogP contribution in [0.15, 0.2) is 30.5 Å². The van der Waals surface area contributed by atoms with E-state index >= 15 is 0 Å². The van der Waals surface area contributed by atoms with Crippen molar-refractivity contribution in [3.05, 3.63) is 41.7 Å². The summed E-state index contributed by atoms with van der Waals surface area (Å²) in [5.41, 5.74) is 0.567. The molecule has 1 aliphatic rings. The quantitative estimate of drug-likeness (QED) is 0.704. The molecule has 2 N–H and O–H groups in total. The van der Waals surface area contributed by atoms with E-state index in [-0.39, 0.29) is 24.7 Å². The standard InChI is InChI=1S/C17H17F3N4O4/c18-17(19,20)28-13-3-1-11(2-4-13)7-16(5-6-16)15(27)21-8-12-9-24(23-22-12)10-14(25)26/h1-4,9H,5-8,10H2,(H,21,27)(H,25,26). The number of ether oxygens (including phenoxy) is 1. The molecule has 0 saturated heterocycles. The number of rotatable bonds is 8. The molecular weight excluding hydrogens is 381 g/mol. The first kappa shape index (κ1) is 19.6. The highest BCUT2D eigenvalue weighted by molar-refractivity contribution is 5.85. The molecule has 1 aromatic heterocycles. The van der Waals surface area contributed by atoms with Crippen molar-refractivity contribution in [2.24, 2.45) is 5.41 Å². The number of aliphatic carboxylic acids is 1. The normalized spacial score (nSPS) is 15.1. The minimum atomic E-state index is -4.74. The molecule has 0 unspecified atom stereocenters. The molecular formula is C17H17F3N4O4. The maximum absolute atomic E-state index is 12.5. The molecule has 8 nitrogen and oxygen atoms in total. The van der Waals surface area contributed by atoms with E-state index in [0.717, 1.165) is 10.2 Å². The van der Waals surface area contributed by atoms with Crippen molar-refractivity contribution in [3.8, 4) is 5.75 Å². The summed E-state index contributed by atoms with van der Waals surface area (Å²) in [6, 6.07) is 5.45. The van der Waals surface area contributed by atoms with Gasteiger partial charge in [-0.05, 0) is 37.0 Å². The fraction of sp³-hybridized carbons (Fsp3) is 0.412. The monoisotopic (exact) mass is 398 g/mol. The topological polar surface area (TPSA) is 106 Å². The fourth-order valence-electron chi connectivity index (χ4n) is 2.83. The van der Waals surface area contributed by atoms with Crippen molar-refractivity contribution in [1.82, 2.24) is 20.3 Å². The molecule has 1 aromatic carbocycles. The third-order valence-corrected chi connectivity index (χ3v) is 4.35. The Kier molecular flexibility index (Phi) is 5.25. The number of aromatic nitrogens is 3. The van der Waals surface area contributed by atoms with Gasteiger partial charge in [-0.25, -0.2) is 4.68 Å². The second-order valence-corrected chi connectivity index (χ2v) is 6.63. The van der Waals surface area contributed by atoms with E-state index in [1.54, 1.807) is 0 Å². The smallest absolute Gasteiger partial charge is 0.480 e. The Bertz CT molecular complexity index is 860. The molecule has 1 aliphatic carbocycles. The molecule has 150 valence electrons. The summed E-state index contributed by atoms with van der Waals surface area (Å²) in [5.74, 6) is -1.55. The van der Waals surface area contributed by atoms with Crippen molar-refractivity contribution in [1.29, 1.82) is 0 Å². The molecule has 1 fully saturated rings. The van der Waals surface area contributed by atoms with Crippen molar-refractivity contribution >= 4 is 11.9 Å². The summed E-state index contributed by atoms with van der Waals surface area (Å²) in [6.07, 6.45) is -1.56. The summed E-state index contributed by atoms with van der Waals surface area (Å²) >= 11 is 0. The van der Waals surface area contributed by atoms with E-state index in [1.807, 2.05) is 0 Å². The summed E-state index contributed by atoms with van der Waals surface area (Å²) in [6.45, 7) is -0.211. The lowest BCUT2D eigenvalue weighted by Gasteiger charge is -2.15. The Balaban J connectivity index is 1.54. The fourth-order valence-corrected chi connectivity index (χ4v) is 2.83. The van der Waals surface area contributed by atoms with Gasteiger partial charge in [-0.2, -0.15) is 0 Å². The molecule has 2 aromatic rings. The van der Waals surface area contributed by atoms with Gasteiger partial charge in [0, 0.05) is 0 Å². The van der Waals surface area contributed by atoms with Gasteiger partial charge in [0.1, 0.15) is 18.0 Å². The maximum Gasteiger partial charge on any atom is 0.573 e. The van der Waals surface area contributed by atoms with Gasteiger partial charge in [0.25, 0.3) is 0 Å². The summed E-state index contributed by atoms with van der Waals surface area (Å²) < 4.78 is 41.6. The first-order valence-electron chi connectivity index (χ1n) is 8.39. The number of hydrogen-bond acceptors (Lipinski definition) is 5. The summed E-state index contributed by atoms with van der Waals surface area (Å²) in [7, 11) is 0. The number of nitrogens with zero attached hydrogens (tertiary/aromatic N) is 3. The lowest BCUT2D eigenvalue weighted by Crippen LogP contribution is -2.33. The number of benzene rings is 1. The van der Waals surface area contributed by atoms with Crippen LogP contribution in [0.1, 0.15) is 24.1 Å². The lowest BCUT2D eigenvalue weighted by molar-refractivity contribution is -0.274. The summed E-state index contributed by atoms with van der Waals surface area (Å²) in [4.78, 5) is 23.1. The van der Waals surface area contributed by atoms with Crippen molar-refractivity contribution in [3.63, 3.8) is 0 Å². The molecule has 1 heterocycles. The predicted molar refractivity (Wildman–Crippen MR) is 88.0 cm³/mol. The molecule has 28 heavy (non-hydrogen) atoms. The average molecular weight is 398 g/mol. The first-order valence-corrected chi connectivity index (χ1v) is 8.39. The highest BCUT2D eigenvalue weighted by Crippen LogP contribution is 2.48. The van der Waals surface area contributed by atoms with E-state index in [4.69, 9.17) is 5.11 Å². The van der Waals surface area contributed by atoms with Gasteiger partial charge in [-0.15, -0.1) is 18.3 Å². The number of carbonyl (C=O) groups excluding carboxylic acids is 1. The Morgan fingerprint density at radius 3 is 2.50 bits per heavy atom. The van der Waals surface area contributed by atoms with Gasteiger partial charge in [0.2, 0.25) is 5.91 Å². The van der Waals surface area contributed by atoms with Gasteiger partial charge >= 0.3 is 12.3 Å². The molecule has 0 radical (unpaired) electrons. The van der Waals surface area contributed by atoms with Crippen LogP contribution in [-0.4, -0.2) is 38.3 Å². The number of carbonyl (C=O) groups is 2. The van der Waals surface area contributed by atoms with Crippen LogP contribution < -0.4 is 10.1 Å². The number of nitrogens with one attached hydrogen (secondary N) is 1. The molecule has 1 amide bonds. The van der Waals surface area contributed by atoms with E-state index in [0.29, 0.717) is 25.0 Å². The number of carboxylic acids is 1. The van der Waals surface area contributed by atoms with Crippen LogP contribution in [0, 0.1) is 5.41 Å². The number of amides is 1. The molecule has 1 saturated carbocycles. The molecule has 11 heteroatoms. The number of alkyl halides is 3. The Morgan fingerprint density at radius 1 is 1.25 bits per heavy atom. The van der Waals surface area contributed by atoms with Crippen molar-refractivity contribution in [2.45, 2.75) is 38.7 Å². The number of carboxylic acid groups (broad SMARTS) is 1. The van der Waals surface area contributed by atoms with Crippen molar-refractivity contribution in [2.75, 3.05) is 0 Å². The Labute approximate surface area is 157 Å². The highest BCUT2D eigenvalue weighted by Gasteiger charge is 2.49. The van der Waals surface area contributed by atoms with Crippen LogP contribution in [-0.2, 0) is 29.1 Å². The van der Waals surface area contributed by atoms with Crippen LogP contribution in [0.4, 0.5) is 13.2 Å². The minimum Gasteiger partial charge on any atom is -0.480 e. The van der Waals surface area contributed by atoms with Gasteiger partial charge in [-0.1, -0.05) is 17.3 Å². The van der Waals surface area contributed by atoms with Crippen molar-refractivity contribution < 1.29 is 32.6 Å². The third kappa shape index (κ3) is 5.21. The van der Waals surface area contributed by atoms with Gasteiger partial charge in [0.15, 0.2) is 0 Å². The first-order chi connectivity index (χ1) is 13.2. The zero-order chi connectivity index (χ0) is 20.4. The van der Waals surface area contributed by atoms with Crippen LogP contribution in [0.2, 0.25) is 0 Å². The Morgan fingerprint density at radius 2 is 1.93 bits per heavy atom. The third-order valence-electron chi connectivity index (χ3n) is 4.35. The minimum absolute atomic E-state index is 0.110. The molecule has 0 aliphatic heterocycles. The highest BCUT2D eigenvalue weighted by atomic mass is 19.4. The molecule has 3 rings (SSSR count). The maximum atomic E-state index is 12.5. The lowest BCUT2D eigenvalue weighted by atomic mass is 9.95. The van der Waals surface area contributed by atoms with Crippen LogP contribution in [0.25, 0.3) is 0 Å². The zero-order valence-corrected chi connectivity index (χ0v) is 14.6. The van der Waals surface area contributed by atoms with Gasteiger partial charge < -0.3 is 15.2 Å². The second-order valence-electron chi connectivity index (χ2n) is 6.63. The molecule has 0 spiro atoms. The SMILES string of the molecule is O=C(O)Cn1cc(CNC(=O)C2(Cc3ccc(OC(F)(F)F)cc3)CC2)nn1. The van der Waals surface area contributed by atoms with Crippen LogP contribution >= 0.6 is 0 Å². The van der Waals surface area contributed by atoms with Gasteiger partial charge in [-0.3, -0.25) is 9.59 Å². The van der Waals surface area contributed by atoms with Gasteiger partial charge in [0.05, 0.1) is 18.2 Å². The second kappa shape index (κ2) is 7.49. The van der Waals surface area contributed by atoms with E-state index < -0.39 is 17.7 Å². The summed E-state index contributed by atoms with van der Waals surface area (Å²) in [5, 5.41) is 18.9. The average Bonchev–Trinajstić information content (AvgIpc) is 3.24. The van der Waals surface area contributed by atoms with E-state index in [2.05, 4.69) is 20.4 Å². The zero-order valence-electron chi connectivity index (χ0n) is 14.6. The number of halogens is 3.